The molecule has 1 aliphatic rings. The van der Waals surface area contributed by atoms with E-state index in [1.165, 1.54) is 0 Å². The van der Waals surface area contributed by atoms with Gasteiger partial charge < -0.3 is 10.5 Å². The molecule has 0 aromatic heterocycles. The first kappa shape index (κ1) is 11.0. The molecule has 16 heavy (non-hydrogen) atoms. The molecular formula is C10H12N2O3S. The Bertz CT molecular complexity index is 522. The van der Waals surface area contributed by atoms with Crippen molar-refractivity contribution in [1.82, 2.24) is 0 Å². The molecule has 5 nitrogen and oxygen atoms in total. The zero-order valence-electron chi connectivity index (χ0n) is 8.46. The van der Waals surface area contributed by atoms with Gasteiger partial charge in [-0.05, 0) is 5.56 Å². The summed E-state index contributed by atoms with van der Waals surface area (Å²) in [7, 11) is -3.76. The third kappa shape index (κ3) is 2.02. The van der Waals surface area contributed by atoms with Crippen molar-refractivity contribution in [3.63, 3.8) is 0 Å². The summed E-state index contributed by atoms with van der Waals surface area (Å²) in [4.78, 5) is -0.0265. The molecule has 4 N–H and O–H groups in total. The summed E-state index contributed by atoms with van der Waals surface area (Å²) in [5, 5.41) is 5.03. The van der Waals surface area contributed by atoms with E-state index < -0.39 is 10.0 Å². The molecule has 2 rings (SSSR count). The fraction of sp³-hybridized carbons (Fsp3) is 0.200. The topological polar surface area (TPSA) is 95.4 Å². The lowest BCUT2D eigenvalue weighted by atomic mass is 10.1. The number of rotatable bonds is 2. The predicted molar refractivity (Wildman–Crippen MR) is 59.2 cm³/mol. The summed E-state index contributed by atoms with van der Waals surface area (Å²) in [5.41, 5.74) is 6.37. The Balaban J connectivity index is 2.25. The standard InChI is InChI=1S/C10H12N2O3S/c11-10-9(16(12,13)14)6-8(15-10)7-4-2-1-3-5-7/h1-5,8H,6,11H2,(H2,12,13,14). The van der Waals surface area contributed by atoms with Gasteiger partial charge in [0.05, 0.1) is 0 Å². The van der Waals surface area contributed by atoms with Crippen LogP contribution in [0.5, 0.6) is 0 Å². The van der Waals surface area contributed by atoms with Gasteiger partial charge in [-0.1, -0.05) is 30.3 Å². The predicted octanol–water partition coefficient (Wildman–Crippen LogP) is 0.564. The van der Waals surface area contributed by atoms with Gasteiger partial charge in [-0.15, -0.1) is 0 Å². The molecule has 0 fully saturated rings. The molecular weight excluding hydrogens is 228 g/mol. The minimum Gasteiger partial charge on any atom is -0.470 e. The van der Waals surface area contributed by atoms with Gasteiger partial charge >= 0.3 is 0 Å². The van der Waals surface area contributed by atoms with E-state index in [-0.39, 0.29) is 23.3 Å². The second-order valence-electron chi connectivity index (χ2n) is 3.55. The normalized spacial score (nSPS) is 20.9. The lowest BCUT2D eigenvalue weighted by molar-refractivity contribution is 0.143. The number of nitrogens with two attached hydrogens (primary N) is 2. The van der Waals surface area contributed by atoms with Crippen LogP contribution in [0.1, 0.15) is 18.1 Å². The molecule has 1 unspecified atom stereocenters. The van der Waals surface area contributed by atoms with Crippen LogP contribution in [0.2, 0.25) is 0 Å². The minimum absolute atomic E-state index is 0.0265. The van der Waals surface area contributed by atoms with Crippen molar-refractivity contribution in [2.45, 2.75) is 12.5 Å². The van der Waals surface area contributed by atoms with Gasteiger partial charge in [-0.25, -0.2) is 13.6 Å². The van der Waals surface area contributed by atoms with E-state index in [4.69, 9.17) is 15.6 Å². The highest BCUT2D eigenvalue weighted by Gasteiger charge is 2.31. The van der Waals surface area contributed by atoms with E-state index in [0.717, 1.165) is 5.56 Å². The maximum Gasteiger partial charge on any atom is 0.239 e. The van der Waals surface area contributed by atoms with Gasteiger partial charge in [0.25, 0.3) is 0 Å². The molecule has 0 aliphatic carbocycles. The monoisotopic (exact) mass is 240 g/mol. The van der Waals surface area contributed by atoms with Gasteiger partial charge in [0, 0.05) is 6.42 Å². The summed E-state index contributed by atoms with van der Waals surface area (Å²) in [6.45, 7) is 0. The third-order valence-corrected chi connectivity index (χ3v) is 3.48. The first-order valence-corrected chi connectivity index (χ1v) is 6.26. The molecule has 0 radical (unpaired) electrons. The van der Waals surface area contributed by atoms with Crippen LogP contribution >= 0.6 is 0 Å². The Morgan fingerprint density at radius 2 is 1.88 bits per heavy atom. The van der Waals surface area contributed by atoms with E-state index in [1.54, 1.807) is 0 Å². The Labute approximate surface area is 93.7 Å². The van der Waals surface area contributed by atoms with Crippen LogP contribution in [0.3, 0.4) is 0 Å². The minimum atomic E-state index is -3.76. The number of sulfonamides is 1. The lowest BCUT2D eigenvalue weighted by Gasteiger charge is -2.10. The molecule has 1 aromatic carbocycles. The van der Waals surface area contributed by atoms with Crippen LogP contribution < -0.4 is 10.9 Å². The molecule has 0 saturated heterocycles. The Morgan fingerprint density at radius 1 is 1.25 bits per heavy atom. The first-order valence-electron chi connectivity index (χ1n) is 4.71. The van der Waals surface area contributed by atoms with Crippen LogP contribution in [0.4, 0.5) is 0 Å². The molecule has 1 aromatic rings. The van der Waals surface area contributed by atoms with E-state index in [9.17, 15) is 8.42 Å². The summed E-state index contributed by atoms with van der Waals surface area (Å²) in [5.74, 6) is -0.101. The summed E-state index contributed by atoms with van der Waals surface area (Å²) in [6.07, 6.45) is -0.177. The van der Waals surface area contributed by atoms with Gasteiger partial charge in [0.1, 0.15) is 11.0 Å². The molecule has 86 valence electrons. The van der Waals surface area contributed by atoms with Crippen LogP contribution in [0.25, 0.3) is 0 Å². The number of primary sulfonamides is 1. The third-order valence-electron chi connectivity index (χ3n) is 2.43. The van der Waals surface area contributed by atoms with Crippen LogP contribution in [-0.2, 0) is 14.8 Å². The van der Waals surface area contributed by atoms with Crippen molar-refractivity contribution in [2.24, 2.45) is 10.9 Å². The number of benzene rings is 1. The molecule has 1 atom stereocenters. The van der Waals surface area contributed by atoms with Crippen LogP contribution in [0.15, 0.2) is 41.1 Å². The lowest BCUT2D eigenvalue weighted by Crippen LogP contribution is -2.16. The second-order valence-corrected chi connectivity index (χ2v) is 5.14. The average Bonchev–Trinajstić information content (AvgIpc) is 2.61. The van der Waals surface area contributed by atoms with Crippen molar-refractivity contribution >= 4 is 10.0 Å². The van der Waals surface area contributed by atoms with E-state index in [1.807, 2.05) is 30.3 Å². The Kier molecular flexibility index (Phi) is 2.61. The number of hydrogen-bond donors (Lipinski definition) is 2. The van der Waals surface area contributed by atoms with Crippen molar-refractivity contribution in [3.8, 4) is 0 Å². The van der Waals surface area contributed by atoms with E-state index in [2.05, 4.69) is 0 Å². The van der Waals surface area contributed by atoms with Gasteiger partial charge in [0.15, 0.2) is 0 Å². The van der Waals surface area contributed by atoms with Gasteiger partial charge in [-0.3, -0.25) is 0 Å². The highest BCUT2D eigenvalue weighted by Crippen LogP contribution is 2.35. The SMILES string of the molecule is NC1=C(S(N)(=O)=O)CC(c2ccccc2)O1. The Morgan fingerprint density at radius 3 is 2.38 bits per heavy atom. The maximum absolute atomic E-state index is 11.2. The molecule has 0 bridgehead atoms. The van der Waals surface area contributed by atoms with Crippen LogP contribution in [0, 0.1) is 0 Å². The van der Waals surface area contributed by atoms with Crippen molar-refractivity contribution in [3.05, 3.63) is 46.7 Å². The summed E-state index contributed by atoms with van der Waals surface area (Å²) >= 11 is 0. The highest BCUT2D eigenvalue weighted by atomic mass is 32.2. The average molecular weight is 240 g/mol. The van der Waals surface area contributed by atoms with Crippen molar-refractivity contribution < 1.29 is 13.2 Å². The Hall–Kier alpha value is -1.53. The molecule has 1 heterocycles. The summed E-state index contributed by atoms with van der Waals surface area (Å²) in [6, 6.07) is 9.28. The molecule has 0 spiro atoms. The zero-order valence-corrected chi connectivity index (χ0v) is 9.28. The molecule has 0 amide bonds. The second kappa shape index (κ2) is 3.80. The molecule has 1 aliphatic heterocycles. The van der Waals surface area contributed by atoms with Gasteiger partial charge in [0.2, 0.25) is 15.9 Å². The van der Waals surface area contributed by atoms with E-state index in [0.29, 0.717) is 0 Å². The van der Waals surface area contributed by atoms with Crippen molar-refractivity contribution in [1.29, 1.82) is 0 Å². The summed E-state index contributed by atoms with van der Waals surface area (Å²) < 4.78 is 27.6. The number of hydrogen-bond acceptors (Lipinski definition) is 4. The fourth-order valence-electron chi connectivity index (χ4n) is 1.64. The van der Waals surface area contributed by atoms with E-state index >= 15 is 0 Å². The molecule has 0 saturated carbocycles. The fourth-order valence-corrected chi connectivity index (χ4v) is 2.35. The molecule has 6 heteroatoms. The maximum atomic E-state index is 11.2. The quantitative estimate of drug-likeness (QED) is 0.789. The largest absolute Gasteiger partial charge is 0.470 e. The first-order chi connectivity index (χ1) is 7.48. The van der Waals surface area contributed by atoms with Crippen LogP contribution in [-0.4, -0.2) is 8.42 Å². The van der Waals surface area contributed by atoms with Gasteiger partial charge in [-0.2, -0.15) is 0 Å². The highest BCUT2D eigenvalue weighted by molar-refractivity contribution is 7.93. The van der Waals surface area contributed by atoms with Crippen molar-refractivity contribution in [2.75, 3.05) is 0 Å². The number of ether oxygens (including phenoxy) is 1. The zero-order chi connectivity index (χ0) is 11.8. The smallest absolute Gasteiger partial charge is 0.239 e.